The van der Waals surface area contributed by atoms with E-state index in [0.717, 1.165) is 5.01 Å². The van der Waals surface area contributed by atoms with Crippen LogP contribution in [-0.2, 0) is 6.42 Å². The van der Waals surface area contributed by atoms with Crippen LogP contribution in [0.1, 0.15) is 15.4 Å². The number of hydrogen-bond acceptors (Lipinski definition) is 4. The van der Waals surface area contributed by atoms with Crippen LogP contribution >= 0.6 is 34.5 Å². The van der Waals surface area contributed by atoms with Crippen LogP contribution in [0.3, 0.4) is 0 Å². The Kier molecular flexibility index (Phi) is 5.23. The molecule has 0 aliphatic rings. The van der Waals surface area contributed by atoms with Crippen LogP contribution in [0.4, 0.5) is 0 Å². The third-order valence-electron chi connectivity index (χ3n) is 2.60. The number of aromatic nitrogens is 1. The van der Waals surface area contributed by atoms with E-state index in [9.17, 15) is 4.79 Å². The summed E-state index contributed by atoms with van der Waals surface area (Å²) in [6.07, 6.45) is 2.41. The minimum absolute atomic E-state index is 0.251. The summed E-state index contributed by atoms with van der Waals surface area (Å²) in [4.78, 5) is 16.3. The van der Waals surface area contributed by atoms with E-state index in [2.05, 4.69) is 10.3 Å². The maximum Gasteiger partial charge on any atom is 0.256 e. The molecule has 1 N–H and O–H groups in total. The molecule has 106 valence electrons. The van der Waals surface area contributed by atoms with E-state index in [0.29, 0.717) is 23.0 Å². The molecule has 0 atom stereocenters. The van der Waals surface area contributed by atoms with Crippen molar-refractivity contribution in [1.82, 2.24) is 10.3 Å². The Bertz CT molecular complexity index is 603. The summed E-state index contributed by atoms with van der Waals surface area (Å²) in [5, 5.41) is 6.30. The van der Waals surface area contributed by atoms with Crippen LogP contribution in [0.25, 0.3) is 0 Å². The SMILES string of the molecule is COc1c(Cl)ccc(Cl)c1C(=O)NCCc1nccs1. The Balaban J connectivity index is 2.07. The summed E-state index contributed by atoms with van der Waals surface area (Å²) >= 11 is 13.6. The second kappa shape index (κ2) is 6.92. The molecule has 4 nitrogen and oxygen atoms in total. The molecule has 0 unspecified atom stereocenters. The van der Waals surface area contributed by atoms with Gasteiger partial charge >= 0.3 is 0 Å². The van der Waals surface area contributed by atoms with Crippen LogP contribution < -0.4 is 10.1 Å². The highest BCUT2D eigenvalue weighted by atomic mass is 35.5. The van der Waals surface area contributed by atoms with Crippen molar-refractivity contribution in [2.75, 3.05) is 13.7 Å². The van der Waals surface area contributed by atoms with E-state index in [1.807, 2.05) is 5.38 Å². The lowest BCUT2D eigenvalue weighted by molar-refractivity contribution is 0.0951. The van der Waals surface area contributed by atoms with E-state index in [1.165, 1.54) is 7.11 Å². The number of halogens is 2. The molecule has 0 aliphatic carbocycles. The number of carbonyl (C=O) groups excluding carboxylic acids is 1. The molecule has 1 heterocycles. The highest BCUT2D eigenvalue weighted by molar-refractivity contribution is 7.09. The Hall–Kier alpha value is -1.30. The van der Waals surface area contributed by atoms with Crippen molar-refractivity contribution in [2.45, 2.75) is 6.42 Å². The van der Waals surface area contributed by atoms with Gasteiger partial charge in [-0.1, -0.05) is 23.2 Å². The average molecular weight is 331 g/mol. The lowest BCUT2D eigenvalue weighted by Crippen LogP contribution is -2.26. The molecule has 0 fully saturated rings. The average Bonchev–Trinajstić information content (AvgIpc) is 2.94. The molecule has 2 rings (SSSR count). The summed E-state index contributed by atoms with van der Waals surface area (Å²) < 4.78 is 5.14. The first-order valence-corrected chi connectivity index (χ1v) is 7.45. The number of methoxy groups -OCH3 is 1. The van der Waals surface area contributed by atoms with E-state index >= 15 is 0 Å². The molecule has 1 aromatic heterocycles. The molecule has 20 heavy (non-hydrogen) atoms. The molecule has 1 aromatic carbocycles. The van der Waals surface area contributed by atoms with Crippen molar-refractivity contribution in [2.24, 2.45) is 0 Å². The maximum absolute atomic E-state index is 12.2. The molecule has 0 saturated heterocycles. The number of benzene rings is 1. The Morgan fingerprint density at radius 1 is 1.40 bits per heavy atom. The molecular weight excluding hydrogens is 319 g/mol. The molecular formula is C13H12Cl2N2O2S. The number of ether oxygens (including phenoxy) is 1. The van der Waals surface area contributed by atoms with Gasteiger partial charge < -0.3 is 10.1 Å². The number of thiazole rings is 1. The standard InChI is InChI=1S/C13H12Cl2N2O2S/c1-19-12-9(15)3-2-8(14)11(12)13(18)17-5-4-10-16-6-7-20-10/h2-3,6-7H,4-5H2,1H3,(H,17,18). The van der Waals surface area contributed by atoms with E-state index in [-0.39, 0.29) is 17.2 Å². The van der Waals surface area contributed by atoms with Gasteiger partial charge in [0.15, 0.2) is 5.75 Å². The first-order valence-electron chi connectivity index (χ1n) is 5.82. The molecule has 0 spiro atoms. The second-order valence-electron chi connectivity index (χ2n) is 3.87. The quantitative estimate of drug-likeness (QED) is 0.913. The highest BCUT2D eigenvalue weighted by Crippen LogP contribution is 2.33. The number of rotatable bonds is 5. The van der Waals surface area contributed by atoms with Crippen LogP contribution in [0.2, 0.25) is 10.0 Å². The number of nitrogens with one attached hydrogen (secondary N) is 1. The van der Waals surface area contributed by atoms with Gasteiger partial charge in [-0.25, -0.2) is 4.98 Å². The van der Waals surface area contributed by atoms with Crippen molar-refractivity contribution in [1.29, 1.82) is 0 Å². The number of nitrogens with zero attached hydrogens (tertiary/aromatic N) is 1. The lowest BCUT2D eigenvalue weighted by Gasteiger charge is -2.12. The zero-order chi connectivity index (χ0) is 14.5. The summed E-state index contributed by atoms with van der Waals surface area (Å²) in [5.74, 6) is -0.0307. The third kappa shape index (κ3) is 3.42. The second-order valence-corrected chi connectivity index (χ2v) is 5.66. The normalized spacial score (nSPS) is 10.3. The maximum atomic E-state index is 12.2. The fourth-order valence-electron chi connectivity index (χ4n) is 1.69. The summed E-state index contributed by atoms with van der Waals surface area (Å²) in [7, 11) is 1.45. The van der Waals surface area contributed by atoms with Crippen molar-refractivity contribution >= 4 is 40.4 Å². The minimum atomic E-state index is -0.314. The summed E-state index contributed by atoms with van der Waals surface area (Å²) in [5.41, 5.74) is 0.251. The number of amides is 1. The van der Waals surface area contributed by atoms with E-state index < -0.39 is 0 Å². The van der Waals surface area contributed by atoms with Crippen molar-refractivity contribution < 1.29 is 9.53 Å². The molecule has 0 bridgehead atoms. The molecule has 0 saturated carbocycles. The monoisotopic (exact) mass is 330 g/mol. The van der Waals surface area contributed by atoms with Gasteiger partial charge in [-0.05, 0) is 12.1 Å². The largest absolute Gasteiger partial charge is 0.494 e. The minimum Gasteiger partial charge on any atom is -0.494 e. The van der Waals surface area contributed by atoms with Gasteiger partial charge in [-0.3, -0.25) is 4.79 Å². The van der Waals surface area contributed by atoms with Crippen LogP contribution in [0.5, 0.6) is 5.75 Å². The van der Waals surface area contributed by atoms with Gasteiger partial charge in [0, 0.05) is 24.5 Å². The predicted octanol–water partition coefficient (Wildman–Crippen LogP) is 3.43. The van der Waals surface area contributed by atoms with Crippen LogP contribution in [-0.4, -0.2) is 24.5 Å². The van der Waals surface area contributed by atoms with Gasteiger partial charge in [-0.15, -0.1) is 11.3 Å². The van der Waals surface area contributed by atoms with Gasteiger partial charge in [-0.2, -0.15) is 0 Å². The van der Waals surface area contributed by atoms with Crippen molar-refractivity contribution in [3.63, 3.8) is 0 Å². The smallest absolute Gasteiger partial charge is 0.256 e. The first-order chi connectivity index (χ1) is 9.63. The van der Waals surface area contributed by atoms with Crippen molar-refractivity contribution in [3.05, 3.63) is 44.3 Å². The van der Waals surface area contributed by atoms with Gasteiger partial charge in [0.1, 0.15) is 5.56 Å². The first kappa shape index (κ1) is 15.1. The van der Waals surface area contributed by atoms with E-state index in [1.54, 1.807) is 29.7 Å². The molecule has 0 aliphatic heterocycles. The summed E-state index contributed by atoms with van der Waals surface area (Å²) in [6.45, 7) is 0.471. The van der Waals surface area contributed by atoms with Crippen molar-refractivity contribution in [3.8, 4) is 5.75 Å². The van der Waals surface area contributed by atoms with Gasteiger partial charge in [0.05, 0.1) is 22.2 Å². The topological polar surface area (TPSA) is 51.2 Å². The van der Waals surface area contributed by atoms with Gasteiger partial charge in [0.25, 0.3) is 5.91 Å². The lowest BCUT2D eigenvalue weighted by atomic mass is 10.2. The Morgan fingerprint density at radius 3 is 2.80 bits per heavy atom. The molecule has 0 radical (unpaired) electrons. The Labute approximate surface area is 130 Å². The molecule has 1 amide bonds. The van der Waals surface area contributed by atoms with Crippen LogP contribution in [0, 0.1) is 0 Å². The molecule has 2 aromatic rings. The third-order valence-corrected chi connectivity index (χ3v) is 4.05. The zero-order valence-corrected chi connectivity index (χ0v) is 13.0. The fourth-order valence-corrected chi connectivity index (χ4v) is 2.78. The fraction of sp³-hybridized carbons (Fsp3) is 0.231. The van der Waals surface area contributed by atoms with Gasteiger partial charge in [0.2, 0.25) is 0 Å². The Morgan fingerprint density at radius 2 is 2.15 bits per heavy atom. The zero-order valence-electron chi connectivity index (χ0n) is 10.7. The number of carbonyl (C=O) groups is 1. The molecule has 7 heteroatoms. The highest BCUT2D eigenvalue weighted by Gasteiger charge is 2.19. The number of hydrogen-bond donors (Lipinski definition) is 1. The van der Waals surface area contributed by atoms with E-state index in [4.69, 9.17) is 27.9 Å². The summed E-state index contributed by atoms with van der Waals surface area (Å²) in [6, 6.07) is 3.16. The predicted molar refractivity (Wildman–Crippen MR) is 81.2 cm³/mol. The van der Waals surface area contributed by atoms with Crippen LogP contribution in [0.15, 0.2) is 23.7 Å².